The molecule has 0 amide bonds. The molecule has 0 bridgehead atoms. The number of allylic oxidation sites excluding steroid dienone is 4. The van der Waals surface area contributed by atoms with Crippen molar-refractivity contribution in [2.45, 2.75) is 70.0 Å². The molecule has 4 aromatic carbocycles. The van der Waals surface area contributed by atoms with E-state index in [1.165, 1.54) is 39.9 Å². The zero-order valence-electron chi connectivity index (χ0n) is 28.6. The van der Waals surface area contributed by atoms with Gasteiger partial charge < -0.3 is 24.8 Å². The zero-order chi connectivity index (χ0) is 34.8. The smallest absolute Gasteiger partial charge is 1.00 e. The van der Waals surface area contributed by atoms with E-state index in [0.717, 1.165) is 17.5 Å². The van der Waals surface area contributed by atoms with Crippen LogP contribution in [0.4, 0.5) is 0 Å². The van der Waals surface area contributed by atoms with Crippen LogP contribution in [0.1, 0.15) is 96.1 Å². The zero-order valence-corrected chi connectivity index (χ0v) is 37.1. The van der Waals surface area contributed by atoms with Crippen molar-refractivity contribution >= 4 is 72.8 Å². The van der Waals surface area contributed by atoms with Crippen LogP contribution in [0, 0.1) is 0 Å². The molecule has 0 nitrogen and oxygen atoms in total. The van der Waals surface area contributed by atoms with Crippen LogP contribution in [-0.2, 0) is 39.7 Å². The number of alkyl halides is 6. The molecular weight excluding hydrogens is 867 g/mol. The fourth-order valence-corrected chi connectivity index (χ4v) is 16.5. The summed E-state index contributed by atoms with van der Waals surface area (Å²) in [6.07, 6.45) is 7.72. The minimum atomic E-state index is -3.06. The van der Waals surface area contributed by atoms with Gasteiger partial charge in [-0.15, -0.1) is 0 Å². The Labute approximate surface area is 347 Å². The molecular formula is C41H38Cl8Zr. The molecule has 262 valence electrons. The average molecular weight is 906 g/mol. The monoisotopic (exact) mass is 900 g/mol. The van der Waals surface area contributed by atoms with Gasteiger partial charge in [-0.25, -0.2) is 0 Å². The van der Waals surface area contributed by atoms with Crippen LogP contribution in [0.2, 0.25) is 0 Å². The molecule has 0 saturated heterocycles. The van der Waals surface area contributed by atoms with Crippen LogP contribution in [0.15, 0.2) is 106 Å². The van der Waals surface area contributed by atoms with Gasteiger partial charge >= 0.3 is 326 Å². The van der Waals surface area contributed by atoms with Gasteiger partial charge in [0.15, 0.2) is 0 Å². The van der Waals surface area contributed by atoms with Gasteiger partial charge in [-0.2, -0.15) is 0 Å². The Morgan fingerprint density at radius 3 is 1.38 bits per heavy atom. The van der Waals surface area contributed by atoms with Gasteiger partial charge in [-0.1, -0.05) is 0 Å². The van der Waals surface area contributed by atoms with E-state index < -0.39 is 28.9 Å². The largest absolute Gasteiger partial charge is 1.00 e. The molecule has 0 aliphatic heterocycles. The fourth-order valence-electron chi connectivity index (χ4n) is 6.81. The molecule has 0 fully saturated rings. The third-order valence-corrected chi connectivity index (χ3v) is 19.0. The second kappa shape index (κ2) is 15.7. The normalized spacial score (nSPS) is 14.2. The third-order valence-electron chi connectivity index (χ3n) is 9.38. The van der Waals surface area contributed by atoms with Crippen LogP contribution in [0.3, 0.4) is 0 Å². The summed E-state index contributed by atoms with van der Waals surface area (Å²) < 4.78 is -0.165. The standard InChI is InChI=1S/C21H25.C15H8Cl6.C5H5.2ClH.Zr/c1-20(2,3)16-9-7-14-11-15-8-10-17(21(4,5)6)13-19(15)18(14)12-16;16-14(17,18)12-5-1-3-10(8-12)7-11-4-2-6-13(9-11)15(19,20)21;1-2-4-5-3-1;;;/h7-13H,1-6H3;1-6,8-9H;1-3H,4H2;2*1H;/q;;;;;+2/p-2. The molecule has 0 radical (unpaired) electrons. The molecule has 2 aliphatic carbocycles. The van der Waals surface area contributed by atoms with Crippen LogP contribution in [0.25, 0.3) is 11.1 Å². The van der Waals surface area contributed by atoms with E-state index in [4.69, 9.17) is 69.6 Å². The topological polar surface area (TPSA) is 0 Å². The summed E-state index contributed by atoms with van der Waals surface area (Å²) in [6.45, 7) is 13.7. The summed E-state index contributed by atoms with van der Waals surface area (Å²) in [5, 5.41) is 0. The first-order valence-electron chi connectivity index (χ1n) is 16.1. The van der Waals surface area contributed by atoms with Crippen LogP contribution in [-0.4, -0.2) is 3.21 Å². The summed E-state index contributed by atoms with van der Waals surface area (Å²) in [4.78, 5) is 0. The minimum absolute atomic E-state index is 0. The van der Waals surface area contributed by atoms with Crippen LogP contribution >= 0.6 is 69.6 Å². The molecule has 0 N–H and O–H groups in total. The average Bonchev–Trinajstić information content (AvgIpc) is 3.64. The van der Waals surface area contributed by atoms with Crippen molar-refractivity contribution in [1.29, 1.82) is 0 Å². The number of hydrogen-bond acceptors (Lipinski definition) is 0. The van der Waals surface area contributed by atoms with Gasteiger partial charge in [0.2, 0.25) is 0 Å². The minimum Gasteiger partial charge on any atom is -1.00 e. The maximum atomic E-state index is 6.50. The first-order chi connectivity index (χ1) is 22.3. The van der Waals surface area contributed by atoms with E-state index in [-0.39, 0.29) is 39.3 Å². The number of halogens is 8. The van der Waals surface area contributed by atoms with E-state index in [2.05, 4.69) is 108 Å². The quantitative estimate of drug-likeness (QED) is 0.184. The second-order valence-corrected chi connectivity index (χ2v) is 25.6. The summed E-state index contributed by atoms with van der Waals surface area (Å²) in [5.41, 5.74) is 11.5. The predicted octanol–water partition coefficient (Wildman–Crippen LogP) is 7.74. The first-order valence-corrected chi connectivity index (χ1v) is 22.2. The molecule has 0 saturated carbocycles. The third kappa shape index (κ3) is 8.70. The van der Waals surface area contributed by atoms with Crippen LogP contribution in [0.5, 0.6) is 0 Å². The van der Waals surface area contributed by atoms with Crippen molar-refractivity contribution in [3.8, 4) is 11.1 Å². The Morgan fingerprint density at radius 2 is 1.02 bits per heavy atom. The molecule has 0 heterocycles. The van der Waals surface area contributed by atoms with Gasteiger partial charge in [0.1, 0.15) is 0 Å². The maximum absolute atomic E-state index is 6.50. The summed E-state index contributed by atoms with van der Waals surface area (Å²) in [7, 11) is 0. The molecule has 6 rings (SSSR count). The van der Waals surface area contributed by atoms with Gasteiger partial charge in [0.25, 0.3) is 0 Å². The van der Waals surface area contributed by atoms with E-state index in [0.29, 0.717) is 11.1 Å². The Kier molecular flexibility index (Phi) is 13.2. The van der Waals surface area contributed by atoms with E-state index in [9.17, 15) is 0 Å². The molecule has 0 aromatic heterocycles. The number of fused-ring (bicyclic) bond motifs is 3. The molecule has 0 unspecified atom stereocenters. The van der Waals surface area contributed by atoms with E-state index in [1.807, 2.05) is 36.4 Å². The predicted molar refractivity (Wildman–Crippen MR) is 208 cm³/mol. The summed E-state index contributed by atoms with van der Waals surface area (Å²) >= 11 is 35.9. The van der Waals surface area contributed by atoms with Crippen molar-refractivity contribution < 1.29 is 46.1 Å². The second-order valence-electron chi connectivity index (χ2n) is 14.8. The molecule has 50 heavy (non-hydrogen) atoms. The van der Waals surface area contributed by atoms with Crippen molar-refractivity contribution in [3.05, 3.63) is 151 Å². The molecule has 4 aromatic rings. The van der Waals surface area contributed by atoms with Gasteiger partial charge in [-0.05, 0) is 0 Å². The molecule has 0 spiro atoms. The van der Waals surface area contributed by atoms with Gasteiger partial charge in [0.05, 0.1) is 0 Å². The van der Waals surface area contributed by atoms with Crippen molar-refractivity contribution in [3.63, 3.8) is 0 Å². The summed E-state index contributed by atoms with van der Waals surface area (Å²) in [5.74, 6) is 0. The van der Waals surface area contributed by atoms with Gasteiger partial charge in [0, 0.05) is 0 Å². The maximum Gasteiger partial charge on any atom is -1.00 e. The number of hydrogen-bond donors (Lipinski definition) is 0. The summed E-state index contributed by atoms with van der Waals surface area (Å²) in [6, 6.07) is 30.4. The van der Waals surface area contributed by atoms with Crippen molar-refractivity contribution in [1.82, 2.24) is 0 Å². The van der Waals surface area contributed by atoms with Crippen LogP contribution < -0.4 is 24.8 Å². The number of rotatable bonds is 4. The van der Waals surface area contributed by atoms with Crippen molar-refractivity contribution in [2.75, 3.05) is 0 Å². The Hall–Kier alpha value is -0.567. The van der Waals surface area contributed by atoms with E-state index in [1.54, 1.807) is 0 Å². The Morgan fingerprint density at radius 1 is 0.580 bits per heavy atom. The molecule has 9 heteroatoms. The van der Waals surface area contributed by atoms with E-state index >= 15 is 0 Å². The number of benzene rings is 4. The fraction of sp³-hybridized carbons (Fsp3) is 0.293. The molecule has 2 aliphatic rings. The first kappa shape index (κ1) is 42.2. The Balaban J connectivity index is 0.00000281. The Bertz CT molecular complexity index is 1870. The van der Waals surface area contributed by atoms with Gasteiger partial charge in [-0.3, -0.25) is 0 Å². The van der Waals surface area contributed by atoms with Crippen molar-refractivity contribution in [2.24, 2.45) is 0 Å². The molecule has 0 atom stereocenters. The SMILES string of the molecule is CC(C)(C)c1ccc2c(c1)-c1cc(C(C)(C)C)ccc1[CH]2[Zr+2]([C]1=CC=CC1)=[C](c1cccc(C(Cl)(Cl)Cl)c1)c1cccc(C(Cl)(Cl)Cl)c1.[Cl-].[Cl-].